The van der Waals surface area contributed by atoms with E-state index in [4.69, 9.17) is 16.3 Å². The molecule has 1 heterocycles. The summed E-state index contributed by atoms with van der Waals surface area (Å²) in [5.41, 5.74) is 4.35. The second-order valence-electron chi connectivity index (χ2n) is 5.20. The Balaban J connectivity index is 1.51. The van der Waals surface area contributed by atoms with Crippen LogP contribution in [-0.2, 0) is 4.79 Å². The fourth-order valence-corrected chi connectivity index (χ4v) is 2.36. The van der Waals surface area contributed by atoms with E-state index in [-0.39, 0.29) is 12.5 Å². The molecule has 0 atom stereocenters. The predicted molar refractivity (Wildman–Crippen MR) is 98.5 cm³/mol. The molecule has 1 aromatic heterocycles. The molecule has 0 unspecified atom stereocenters. The maximum Gasteiger partial charge on any atom is 0.277 e. The first kappa shape index (κ1) is 16.8. The van der Waals surface area contributed by atoms with Crippen molar-refractivity contribution in [3.05, 3.63) is 83.6 Å². The molecule has 3 rings (SSSR count). The SMILES string of the molecule is O=C(COc1ccccc1Cl)N/N=C/c1ccn(-c2ccccc2)c1. The van der Waals surface area contributed by atoms with E-state index in [1.807, 2.05) is 53.4 Å². The number of hydrazone groups is 1. The van der Waals surface area contributed by atoms with Crippen LogP contribution in [-0.4, -0.2) is 23.3 Å². The number of para-hydroxylation sites is 2. The highest BCUT2D eigenvalue weighted by atomic mass is 35.5. The molecule has 3 aromatic rings. The normalized spacial score (nSPS) is 10.8. The van der Waals surface area contributed by atoms with Crippen LogP contribution in [0.25, 0.3) is 5.69 Å². The number of hydrogen-bond donors (Lipinski definition) is 1. The Labute approximate surface area is 150 Å². The summed E-state index contributed by atoms with van der Waals surface area (Å²) in [5, 5.41) is 4.39. The number of nitrogens with zero attached hydrogens (tertiary/aromatic N) is 2. The Morgan fingerprint density at radius 2 is 1.88 bits per heavy atom. The molecule has 5 nitrogen and oxygen atoms in total. The third-order valence-corrected chi connectivity index (χ3v) is 3.68. The summed E-state index contributed by atoms with van der Waals surface area (Å²) < 4.78 is 7.32. The van der Waals surface area contributed by atoms with E-state index in [2.05, 4.69) is 10.5 Å². The average molecular weight is 354 g/mol. The van der Waals surface area contributed by atoms with Gasteiger partial charge in [-0.25, -0.2) is 5.43 Å². The number of rotatable bonds is 6. The monoisotopic (exact) mass is 353 g/mol. The van der Waals surface area contributed by atoms with Gasteiger partial charge in [-0.3, -0.25) is 4.79 Å². The number of carbonyl (C=O) groups excluding carboxylic acids is 1. The Bertz CT molecular complexity index is 875. The Morgan fingerprint density at radius 1 is 1.12 bits per heavy atom. The van der Waals surface area contributed by atoms with E-state index in [1.54, 1.807) is 30.5 Å². The van der Waals surface area contributed by atoms with Crippen molar-refractivity contribution < 1.29 is 9.53 Å². The zero-order chi connectivity index (χ0) is 17.5. The maximum atomic E-state index is 11.7. The predicted octanol–water partition coefficient (Wildman–Crippen LogP) is 3.66. The molecule has 0 bridgehead atoms. The molecule has 1 N–H and O–H groups in total. The van der Waals surface area contributed by atoms with Gasteiger partial charge in [0.25, 0.3) is 5.91 Å². The van der Waals surface area contributed by atoms with Gasteiger partial charge in [0.1, 0.15) is 5.75 Å². The number of amides is 1. The largest absolute Gasteiger partial charge is 0.482 e. The third kappa shape index (κ3) is 4.71. The highest BCUT2D eigenvalue weighted by molar-refractivity contribution is 6.32. The number of benzene rings is 2. The first-order chi connectivity index (χ1) is 12.2. The van der Waals surface area contributed by atoms with Crippen LogP contribution in [0.5, 0.6) is 5.75 Å². The van der Waals surface area contributed by atoms with Gasteiger partial charge in [0.15, 0.2) is 6.61 Å². The van der Waals surface area contributed by atoms with E-state index in [0.717, 1.165) is 11.3 Å². The van der Waals surface area contributed by atoms with Gasteiger partial charge in [0.2, 0.25) is 0 Å². The molecule has 0 saturated carbocycles. The number of halogens is 1. The van der Waals surface area contributed by atoms with Crippen molar-refractivity contribution in [2.75, 3.05) is 6.61 Å². The Morgan fingerprint density at radius 3 is 2.68 bits per heavy atom. The fraction of sp³-hybridized carbons (Fsp3) is 0.0526. The molecule has 6 heteroatoms. The molecule has 0 radical (unpaired) electrons. The molecule has 0 saturated heterocycles. The van der Waals surface area contributed by atoms with E-state index in [9.17, 15) is 4.79 Å². The number of hydrogen-bond acceptors (Lipinski definition) is 3. The van der Waals surface area contributed by atoms with Gasteiger partial charge < -0.3 is 9.30 Å². The second kappa shape index (κ2) is 8.17. The van der Waals surface area contributed by atoms with Gasteiger partial charge in [-0.15, -0.1) is 0 Å². The van der Waals surface area contributed by atoms with Crippen molar-refractivity contribution in [3.63, 3.8) is 0 Å². The van der Waals surface area contributed by atoms with Gasteiger partial charge in [-0.2, -0.15) is 5.10 Å². The van der Waals surface area contributed by atoms with Crippen LogP contribution >= 0.6 is 11.6 Å². The minimum atomic E-state index is -0.362. The molecule has 0 fully saturated rings. The molecule has 0 spiro atoms. The van der Waals surface area contributed by atoms with Crippen molar-refractivity contribution in [1.82, 2.24) is 9.99 Å². The van der Waals surface area contributed by atoms with E-state index in [0.29, 0.717) is 10.8 Å². The molecule has 25 heavy (non-hydrogen) atoms. The van der Waals surface area contributed by atoms with E-state index < -0.39 is 0 Å². The van der Waals surface area contributed by atoms with Crippen LogP contribution in [0, 0.1) is 0 Å². The van der Waals surface area contributed by atoms with Crippen molar-refractivity contribution in [3.8, 4) is 11.4 Å². The first-order valence-corrected chi connectivity index (χ1v) is 8.03. The number of nitrogens with one attached hydrogen (secondary N) is 1. The topological polar surface area (TPSA) is 55.6 Å². The van der Waals surface area contributed by atoms with Crippen LogP contribution < -0.4 is 10.2 Å². The zero-order valence-corrected chi connectivity index (χ0v) is 14.1. The van der Waals surface area contributed by atoms with Crippen LogP contribution in [0.3, 0.4) is 0 Å². The summed E-state index contributed by atoms with van der Waals surface area (Å²) in [6.07, 6.45) is 5.43. The lowest BCUT2D eigenvalue weighted by molar-refractivity contribution is -0.123. The van der Waals surface area contributed by atoms with Gasteiger partial charge in [-0.05, 0) is 30.3 Å². The molecule has 0 aliphatic rings. The Kier molecular flexibility index (Phi) is 5.49. The number of ether oxygens (including phenoxy) is 1. The van der Waals surface area contributed by atoms with Crippen LogP contribution in [0.1, 0.15) is 5.56 Å². The zero-order valence-electron chi connectivity index (χ0n) is 13.3. The summed E-state index contributed by atoms with van der Waals surface area (Å²) in [7, 11) is 0. The van der Waals surface area contributed by atoms with Gasteiger partial charge in [0, 0.05) is 23.6 Å². The molecular formula is C19H16ClN3O2. The summed E-state index contributed by atoms with van der Waals surface area (Å²) in [5.74, 6) is 0.0990. The van der Waals surface area contributed by atoms with E-state index in [1.165, 1.54) is 0 Å². The quantitative estimate of drug-likeness (QED) is 0.543. The minimum Gasteiger partial charge on any atom is -0.482 e. The Hall–Kier alpha value is -3.05. The smallest absolute Gasteiger partial charge is 0.277 e. The molecule has 0 aliphatic heterocycles. The van der Waals surface area contributed by atoms with Crippen molar-refractivity contribution in [2.45, 2.75) is 0 Å². The summed E-state index contributed by atoms with van der Waals surface area (Å²) >= 11 is 5.96. The van der Waals surface area contributed by atoms with Crippen molar-refractivity contribution >= 4 is 23.7 Å². The number of aromatic nitrogens is 1. The highest BCUT2D eigenvalue weighted by Crippen LogP contribution is 2.22. The van der Waals surface area contributed by atoms with Gasteiger partial charge in [0.05, 0.1) is 11.2 Å². The standard InChI is InChI=1S/C19H16ClN3O2/c20-17-8-4-5-9-18(17)25-14-19(24)22-21-12-15-10-11-23(13-15)16-6-2-1-3-7-16/h1-13H,14H2,(H,22,24)/b21-12+. The lowest BCUT2D eigenvalue weighted by Crippen LogP contribution is -2.24. The summed E-state index contributed by atoms with van der Waals surface area (Å²) in [6.45, 7) is -0.161. The molecule has 0 aliphatic carbocycles. The van der Waals surface area contributed by atoms with Crippen molar-refractivity contribution in [1.29, 1.82) is 0 Å². The summed E-state index contributed by atoms with van der Waals surface area (Å²) in [4.78, 5) is 11.7. The number of carbonyl (C=O) groups is 1. The maximum absolute atomic E-state index is 11.7. The first-order valence-electron chi connectivity index (χ1n) is 7.65. The minimum absolute atomic E-state index is 0.161. The molecule has 1 amide bonds. The van der Waals surface area contributed by atoms with Crippen LogP contribution in [0.4, 0.5) is 0 Å². The molecular weight excluding hydrogens is 338 g/mol. The third-order valence-electron chi connectivity index (χ3n) is 3.37. The summed E-state index contributed by atoms with van der Waals surface area (Å²) in [6, 6.07) is 18.8. The molecule has 126 valence electrons. The highest BCUT2D eigenvalue weighted by Gasteiger charge is 2.04. The second-order valence-corrected chi connectivity index (χ2v) is 5.61. The average Bonchev–Trinajstić information content (AvgIpc) is 3.11. The lowest BCUT2D eigenvalue weighted by atomic mass is 10.3. The van der Waals surface area contributed by atoms with Crippen molar-refractivity contribution in [2.24, 2.45) is 5.10 Å². The lowest BCUT2D eigenvalue weighted by Gasteiger charge is -2.06. The van der Waals surface area contributed by atoms with E-state index >= 15 is 0 Å². The van der Waals surface area contributed by atoms with Crippen LogP contribution in [0.15, 0.2) is 78.2 Å². The van der Waals surface area contributed by atoms with Gasteiger partial charge >= 0.3 is 0 Å². The van der Waals surface area contributed by atoms with Gasteiger partial charge in [-0.1, -0.05) is 41.9 Å². The fourth-order valence-electron chi connectivity index (χ4n) is 2.17. The molecule has 2 aromatic carbocycles. The van der Waals surface area contributed by atoms with Crippen LogP contribution in [0.2, 0.25) is 5.02 Å².